The molecule has 1 aliphatic heterocycles. The van der Waals surface area contributed by atoms with Crippen molar-refractivity contribution in [1.29, 1.82) is 0 Å². The summed E-state index contributed by atoms with van der Waals surface area (Å²) >= 11 is 0. The molecule has 0 bridgehead atoms. The Balaban J connectivity index is 1.16. The van der Waals surface area contributed by atoms with Gasteiger partial charge in [0.25, 0.3) is 0 Å². The van der Waals surface area contributed by atoms with E-state index < -0.39 is 6.10 Å². The maximum Gasteiger partial charge on any atom is 0.409 e. The molecule has 5 rings (SSSR count). The van der Waals surface area contributed by atoms with E-state index in [9.17, 15) is 9.90 Å². The lowest BCUT2D eigenvalue weighted by atomic mass is 9.87. The van der Waals surface area contributed by atoms with Gasteiger partial charge in [-0.05, 0) is 65.6 Å². The smallest absolute Gasteiger partial charge is 0.409 e. The summed E-state index contributed by atoms with van der Waals surface area (Å²) in [6, 6.07) is 24.4. The number of aliphatic hydroxyl groups excluding tert-OH is 1. The summed E-state index contributed by atoms with van der Waals surface area (Å²) in [5.41, 5.74) is 5.77. The third-order valence-electron chi connectivity index (χ3n) is 7.11. The molecule has 3 aromatic carbocycles. The summed E-state index contributed by atoms with van der Waals surface area (Å²) in [6.07, 6.45) is 0.688. The molecule has 0 spiro atoms. The fraction of sp³-hybridized carbons (Fsp3) is 0.345. The van der Waals surface area contributed by atoms with Crippen LogP contribution in [0.2, 0.25) is 0 Å². The number of benzene rings is 3. The van der Waals surface area contributed by atoms with Gasteiger partial charge in [0.15, 0.2) is 0 Å². The van der Waals surface area contributed by atoms with Crippen LogP contribution in [0.15, 0.2) is 72.8 Å². The molecule has 0 saturated carbocycles. The molecular weight excluding hydrogens is 426 g/mol. The van der Waals surface area contributed by atoms with Crippen LogP contribution in [0, 0.1) is 5.92 Å². The number of rotatable bonds is 6. The van der Waals surface area contributed by atoms with Crippen LogP contribution in [0.4, 0.5) is 4.79 Å². The molecule has 176 valence electrons. The molecule has 1 saturated heterocycles. The van der Waals surface area contributed by atoms with Crippen molar-refractivity contribution < 1.29 is 19.4 Å². The highest BCUT2D eigenvalue weighted by Gasteiger charge is 2.32. The number of fused-ring (bicyclic) bond motifs is 3. The zero-order valence-corrected chi connectivity index (χ0v) is 19.5. The van der Waals surface area contributed by atoms with Gasteiger partial charge in [-0.1, -0.05) is 60.7 Å². The van der Waals surface area contributed by atoms with E-state index in [4.69, 9.17) is 9.47 Å². The van der Waals surface area contributed by atoms with Crippen LogP contribution in [0.5, 0.6) is 5.75 Å². The van der Waals surface area contributed by atoms with Crippen LogP contribution in [-0.4, -0.2) is 42.4 Å². The Morgan fingerprint density at radius 2 is 1.53 bits per heavy atom. The maximum atomic E-state index is 12.9. The summed E-state index contributed by atoms with van der Waals surface area (Å²) in [4.78, 5) is 14.6. The summed E-state index contributed by atoms with van der Waals surface area (Å²) < 4.78 is 11.3. The van der Waals surface area contributed by atoms with Crippen LogP contribution < -0.4 is 4.74 Å². The highest BCUT2D eigenvalue weighted by Crippen LogP contribution is 2.44. The van der Waals surface area contributed by atoms with E-state index in [0.29, 0.717) is 26.3 Å². The highest BCUT2D eigenvalue weighted by atomic mass is 16.6. The topological polar surface area (TPSA) is 59.0 Å². The average Bonchev–Trinajstić information content (AvgIpc) is 3.21. The number of amides is 1. The first-order valence-electron chi connectivity index (χ1n) is 12.2. The molecule has 5 heteroatoms. The predicted octanol–water partition coefficient (Wildman–Crippen LogP) is 5.78. The molecule has 1 amide bonds. The van der Waals surface area contributed by atoms with Crippen molar-refractivity contribution in [3.8, 4) is 16.9 Å². The number of likely N-dealkylation sites (tertiary alicyclic amines) is 1. The molecule has 1 heterocycles. The lowest BCUT2D eigenvalue weighted by Gasteiger charge is -2.34. The lowest BCUT2D eigenvalue weighted by molar-refractivity contribution is 0.0464. The molecule has 0 aromatic heterocycles. The van der Waals surface area contributed by atoms with Gasteiger partial charge < -0.3 is 19.5 Å². The van der Waals surface area contributed by atoms with Gasteiger partial charge in [0.2, 0.25) is 0 Å². The predicted molar refractivity (Wildman–Crippen MR) is 132 cm³/mol. The second-order valence-electron chi connectivity index (χ2n) is 9.08. The number of hydrogen-bond acceptors (Lipinski definition) is 4. The second-order valence-corrected chi connectivity index (χ2v) is 9.08. The number of carbonyl (C=O) groups excluding carboxylic acids is 1. The van der Waals surface area contributed by atoms with Gasteiger partial charge in [0.1, 0.15) is 12.4 Å². The molecule has 3 aromatic rings. The molecule has 0 radical (unpaired) electrons. The molecule has 1 N–H and O–H groups in total. The Kier molecular flexibility index (Phi) is 6.54. The standard InChI is InChI=1S/C29H31NO4/c1-2-33-22-13-11-20(12-14-22)28(31)21-15-17-30(18-16-21)29(32)34-19-27-25-9-5-3-7-23(25)24-8-4-6-10-26(24)27/h3-14,21,27-28,31H,2,15-19H2,1H3. The van der Waals surface area contributed by atoms with E-state index in [1.807, 2.05) is 43.3 Å². The van der Waals surface area contributed by atoms with Crippen molar-refractivity contribution >= 4 is 6.09 Å². The van der Waals surface area contributed by atoms with E-state index in [-0.39, 0.29) is 17.9 Å². The van der Waals surface area contributed by atoms with E-state index in [0.717, 1.165) is 24.2 Å². The molecule has 34 heavy (non-hydrogen) atoms. The van der Waals surface area contributed by atoms with Crippen molar-refractivity contribution in [2.75, 3.05) is 26.3 Å². The van der Waals surface area contributed by atoms with Gasteiger partial charge in [0, 0.05) is 19.0 Å². The van der Waals surface area contributed by atoms with E-state index in [1.54, 1.807) is 4.90 Å². The first kappa shape index (κ1) is 22.5. The van der Waals surface area contributed by atoms with Crippen LogP contribution in [0.25, 0.3) is 11.1 Å². The fourth-order valence-electron chi connectivity index (χ4n) is 5.28. The molecule has 5 nitrogen and oxygen atoms in total. The number of hydrogen-bond donors (Lipinski definition) is 1. The van der Waals surface area contributed by atoms with E-state index in [2.05, 4.69) is 36.4 Å². The fourth-order valence-corrected chi connectivity index (χ4v) is 5.28. The van der Waals surface area contributed by atoms with Gasteiger partial charge in [-0.15, -0.1) is 0 Å². The Bertz CT molecular complexity index is 1090. The van der Waals surface area contributed by atoms with Crippen molar-refractivity contribution in [2.45, 2.75) is 31.8 Å². The number of piperidine rings is 1. The van der Waals surface area contributed by atoms with E-state index >= 15 is 0 Å². The molecule has 1 aliphatic carbocycles. The summed E-state index contributed by atoms with van der Waals surface area (Å²) in [7, 11) is 0. The molecule has 1 atom stereocenters. The Morgan fingerprint density at radius 3 is 2.12 bits per heavy atom. The van der Waals surface area contributed by atoms with Crippen LogP contribution >= 0.6 is 0 Å². The normalized spacial score (nSPS) is 16.6. The van der Waals surface area contributed by atoms with E-state index in [1.165, 1.54) is 22.3 Å². The maximum absolute atomic E-state index is 12.9. The van der Waals surface area contributed by atoms with Gasteiger partial charge in [-0.2, -0.15) is 0 Å². The van der Waals surface area contributed by atoms with Crippen LogP contribution in [-0.2, 0) is 4.74 Å². The largest absolute Gasteiger partial charge is 0.494 e. The minimum atomic E-state index is -0.541. The lowest BCUT2D eigenvalue weighted by Crippen LogP contribution is -2.40. The van der Waals surface area contributed by atoms with Gasteiger partial charge >= 0.3 is 6.09 Å². The third kappa shape index (κ3) is 4.40. The second kappa shape index (κ2) is 9.90. The van der Waals surface area contributed by atoms with Gasteiger partial charge in [-0.25, -0.2) is 4.79 Å². The zero-order valence-electron chi connectivity index (χ0n) is 19.5. The molecule has 1 fully saturated rings. The number of aliphatic hydroxyl groups is 1. The van der Waals surface area contributed by atoms with Crippen LogP contribution in [0.1, 0.15) is 48.5 Å². The monoisotopic (exact) mass is 457 g/mol. The molecule has 1 unspecified atom stereocenters. The SMILES string of the molecule is CCOc1ccc(C(O)C2CCN(C(=O)OCC3c4ccccc4-c4ccccc43)CC2)cc1. The Hall–Kier alpha value is -3.31. The van der Waals surface area contributed by atoms with Crippen LogP contribution in [0.3, 0.4) is 0 Å². The number of ether oxygens (including phenoxy) is 2. The minimum Gasteiger partial charge on any atom is -0.494 e. The summed E-state index contributed by atoms with van der Waals surface area (Å²) in [5.74, 6) is 0.995. The molecular formula is C29H31NO4. The molecule has 2 aliphatic rings. The average molecular weight is 458 g/mol. The Morgan fingerprint density at radius 1 is 0.941 bits per heavy atom. The van der Waals surface area contributed by atoms with Gasteiger partial charge in [-0.3, -0.25) is 0 Å². The minimum absolute atomic E-state index is 0.0652. The number of nitrogens with zero attached hydrogens (tertiary/aromatic N) is 1. The first-order valence-corrected chi connectivity index (χ1v) is 12.2. The van der Waals surface area contributed by atoms with Crippen molar-refractivity contribution in [3.05, 3.63) is 89.5 Å². The first-order chi connectivity index (χ1) is 16.7. The zero-order chi connectivity index (χ0) is 23.5. The third-order valence-corrected chi connectivity index (χ3v) is 7.11. The van der Waals surface area contributed by atoms with Crippen molar-refractivity contribution in [1.82, 2.24) is 4.90 Å². The quantitative estimate of drug-likeness (QED) is 0.510. The van der Waals surface area contributed by atoms with Crippen molar-refractivity contribution in [3.63, 3.8) is 0 Å². The highest BCUT2D eigenvalue weighted by molar-refractivity contribution is 5.79. The van der Waals surface area contributed by atoms with Crippen molar-refractivity contribution in [2.24, 2.45) is 5.92 Å². The number of carbonyl (C=O) groups is 1. The Labute approximate surface area is 200 Å². The summed E-state index contributed by atoms with van der Waals surface area (Å²) in [6.45, 7) is 4.09. The van der Waals surface area contributed by atoms with Gasteiger partial charge in [0.05, 0.1) is 12.7 Å². The summed E-state index contributed by atoms with van der Waals surface area (Å²) in [5, 5.41) is 10.8.